The van der Waals surface area contributed by atoms with Gasteiger partial charge < -0.3 is 14.7 Å². The molecule has 7 nitrogen and oxygen atoms in total. The lowest BCUT2D eigenvalue weighted by atomic mass is 9.95. The SMILES string of the molecule is Cc1ccccc1-c1noc(N2CCC(C(=O)NC3CCN(Cc4ccccc4)CC3)CC2)n1. The smallest absolute Gasteiger partial charge is 0.324 e. The van der Waals surface area contributed by atoms with Gasteiger partial charge in [-0.3, -0.25) is 9.69 Å². The number of carbonyl (C=O) groups excluding carboxylic acids is 1. The summed E-state index contributed by atoms with van der Waals surface area (Å²) >= 11 is 0. The van der Waals surface area contributed by atoms with Crippen LogP contribution in [0.2, 0.25) is 0 Å². The molecule has 2 aliphatic heterocycles. The third kappa shape index (κ3) is 5.30. The molecule has 1 N–H and O–H groups in total. The first kappa shape index (κ1) is 22.6. The molecule has 0 spiro atoms. The first-order valence-corrected chi connectivity index (χ1v) is 12.4. The molecule has 1 amide bonds. The monoisotopic (exact) mass is 459 g/mol. The molecule has 7 heteroatoms. The lowest BCUT2D eigenvalue weighted by molar-refractivity contribution is -0.126. The van der Waals surface area contributed by atoms with Gasteiger partial charge in [0.1, 0.15) is 0 Å². The molecule has 0 unspecified atom stereocenters. The van der Waals surface area contributed by atoms with Gasteiger partial charge in [0.2, 0.25) is 11.7 Å². The fraction of sp³-hybridized carbons (Fsp3) is 0.444. The Balaban J connectivity index is 1.07. The Labute approximate surface area is 201 Å². The number of benzene rings is 2. The topological polar surface area (TPSA) is 74.5 Å². The predicted molar refractivity (Wildman–Crippen MR) is 132 cm³/mol. The maximum absolute atomic E-state index is 12.9. The van der Waals surface area contributed by atoms with Crippen molar-refractivity contribution in [3.8, 4) is 11.4 Å². The van der Waals surface area contributed by atoms with Crippen molar-refractivity contribution in [1.29, 1.82) is 0 Å². The third-order valence-electron chi connectivity index (χ3n) is 7.12. The average Bonchev–Trinajstić information content (AvgIpc) is 3.36. The number of hydrogen-bond donors (Lipinski definition) is 1. The number of rotatable bonds is 6. The van der Waals surface area contributed by atoms with Crippen molar-refractivity contribution in [3.05, 3.63) is 65.7 Å². The molecule has 2 aromatic carbocycles. The van der Waals surface area contributed by atoms with E-state index >= 15 is 0 Å². The first-order valence-electron chi connectivity index (χ1n) is 12.4. The summed E-state index contributed by atoms with van der Waals surface area (Å²) in [5.74, 6) is 0.871. The molecule has 3 aromatic rings. The van der Waals surface area contributed by atoms with Gasteiger partial charge in [-0.25, -0.2) is 0 Å². The number of piperidine rings is 2. The van der Waals surface area contributed by atoms with E-state index < -0.39 is 0 Å². The van der Waals surface area contributed by atoms with Crippen LogP contribution in [0.4, 0.5) is 6.01 Å². The maximum Gasteiger partial charge on any atom is 0.324 e. The van der Waals surface area contributed by atoms with Gasteiger partial charge in [-0.05, 0) is 43.7 Å². The van der Waals surface area contributed by atoms with Gasteiger partial charge in [0.15, 0.2) is 0 Å². The van der Waals surface area contributed by atoms with Crippen molar-refractivity contribution in [3.63, 3.8) is 0 Å². The van der Waals surface area contributed by atoms with Crippen molar-refractivity contribution in [1.82, 2.24) is 20.4 Å². The Kier molecular flexibility index (Phi) is 6.90. The first-order chi connectivity index (χ1) is 16.7. The van der Waals surface area contributed by atoms with Crippen LogP contribution in [0.1, 0.15) is 36.8 Å². The summed E-state index contributed by atoms with van der Waals surface area (Å²) in [5, 5.41) is 7.50. The normalized spacial score (nSPS) is 18.2. The van der Waals surface area contributed by atoms with E-state index in [1.165, 1.54) is 5.56 Å². The van der Waals surface area contributed by atoms with Crippen molar-refractivity contribution in [2.75, 3.05) is 31.1 Å². The Morgan fingerprint density at radius 1 is 0.971 bits per heavy atom. The fourth-order valence-electron chi connectivity index (χ4n) is 5.01. The maximum atomic E-state index is 12.9. The number of nitrogens with zero attached hydrogens (tertiary/aromatic N) is 4. The third-order valence-corrected chi connectivity index (χ3v) is 7.12. The number of likely N-dealkylation sites (tertiary alicyclic amines) is 1. The Hall–Kier alpha value is -3.19. The number of aryl methyl sites for hydroxylation is 1. The zero-order valence-corrected chi connectivity index (χ0v) is 19.8. The molecule has 2 aliphatic rings. The highest BCUT2D eigenvalue weighted by Gasteiger charge is 2.29. The van der Waals surface area contributed by atoms with Gasteiger partial charge in [-0.15, -0.1) is 0 Å². The summed E-state index contributed by atoms with van der Waals surface area (Å²) in [4.78, 5) is 22.1. The van der Waals surface area contributed by atoms with Gasteiger partial charge in [0.05, 0.1) is 0 Å². The molecule has 2 saturated heterocycles. The number of aromatic nitrogens is 2. The minimum atomic E-state index is 0.0531. The second kappa shape index (κ2) is 10.4. The van der Waals surface area contributed by atoms with Gasteiger partial charge in [-0.1, -0.05) is 59.8 Å². The van der Waals surface area contributed by atoms with Gasteiger partial charge >= 0.3 is 6.01 Å². The summed E-state index contributed by atoms with van der Waals surface area (Å²) in [6.45, 7) is 6.59. The van der Waals surface area contributed by atoms with Gasteiger partial charge in [0.25, 0.3) is 0 Å². The molecule has 0 saturated carbocycles. The van der Waals surface area contributed by atoms with Crippen LogP contribution in [0.25, 0.3) is 11.4 Å². The van der Waals surface area contributed by atoms with Crippen LogP contribution in [-0.2, 0) is 11.3 Å². The minimum absolute atomic E-state index is 0.0531. The highest BCUT2D eigenvalue weighted by molar-refractivity contribution is 5.79. The molecule has 5 rings (SSSR count). The van der Waals surface area contributed by atoms with Crippen LogP contribution in [0.3, 0.4) is 0 Å². The number of hydrogen-bond acceptors (Lipinski definition) is 6. The zero-order valence-electron chi connectivity index (χ0n) is 19.8. The second-order valence-corrected chi connectivity index (χ2v) is 9.52. The molecular formula is C27H33N5O2. The standard InChI is InChI=1S/C27H33N5O2/c1-20-7-5-6-10-24(20)25-29-27(34-30-25)32-17-11-22(12-18-32)26(33)28-23-13-15-31(16-14-23)19-21-8-3-2-4-9-21/h2-10,22-23H,11-19H2,1H3,(H,28,33). The van der Waals surface area contributed by atoms with E-state index in [4.69, 9.17) is 4.52 Å². The van der Waals surface area contributed by atoms with Crippen LogP contribution >= 0.6 is 0 Å². The van der Waals surface area contributed by atoms with Crippen molar-refractivity contribution >= 4 is 11.9 Å². The van der Waals surface area contributed by atoms with Gasteiger partial charge in [-0.2, -0.15) is 4.98 Å². The van der Waals surface area contributed by atoms with Crippen LogP contribution in [0, 0.1) is 12.8 Å². The largest absolute Gasteiger partial charge is 0.353 e. The lowest BCUT2D eigenvalue weighted by Gasteiger charge is -2.34. The molecule has 34 heavy (non-hydrogen) atoms. The van der Waals surface area contributed by atoms with E-state index in [2.05, 4.69) is 55.6 Å². The highest BCUT2D eigenvalue weighted by atomic mass is 16.5. The second-order valence-electron chi connectivity index (χ2n) is 9.52. The summed E-state index contributed by atoms with van der Waals surface area (Å²) in [6.07, 6.45) is 3.64. The molecular weight excluding hydrogens is 426 g/mol. The van der Waals surface area contributed by atoms with E-state index in [-0.39, 0.29) is 17.9 Å². The van der Waals surface area contributed by atoms with Crippen molar-refractivity contribution in [2.24, 2.45) is 5.92 Å². The van der Waals surface area contributed by atoms with E-state index in [1.807, 2.05) is 31.2 Å². The van der Waals surface area contributed by atoms with Gasteiger partial charge in [0, 0.05) is 50.2 Å². The lowest BCUT2D eigenvalue weighted by Crippen LogP contribution is -2.48. The Bertz CT molecular complexity index is 1080. The molecule has 0 aliphatic carbocycles. The molecule has 178 valence electrons. The Morgan fingerprint density at radius 2 is 1.68 bits per heavy atom. The Morgan fingerprint density at radius 3 is 2.41 bits per heavy atom. The quantitative estimate of drug-likeness (QED) is 0.600. The number of nitrogens with one attached hydrogen (secondary N) is 1. The van der Waals surface area contributed by atoms with Crippen molar-refractivity contribution < 1.29 is 9.32 Å². The van der Waals surface area contributed by atoms with Crippen molar-refractivity contribution in [2.45, 2.75) is 45.2 Å². The number of anilines is 1. The van der Waals surface area contributed by atoms with E-state index in [1.54, 1.807) is 0 Å². The zero-order chi connectivity index (χ0) is 23.3. The molecule has 1 aromatic heterocycles. The van der Waals surface area contributed by atoms with Crippen LogP contribution in [0.5, 0.6) is 0 Å². The highest BCUT2D eigenvalue weighted by Crippen LogP contribution is 2.26. The molecule has 0 atom stereocenters. The molecule has 2 fully saturated rings. The molecule has 0 bridgehead atoms. The predicted octanol–water partition coefficient (Wildman–Crippen LogP) is 4.04. The molecule has 3 heterocycles. The van der Waals surface area contributed by atoms with Crippen LogP contribution in [0.15, 0.2) is 59.1 Å². The van der Waals surface area contributed by atoms with E-state index in [0.29, 0.717) is 11.8 Å². The number of carbonyl (C=O) groups is 1. The minimum Gasteiger partial charge on any atom is -0.353 e. The molecule has 0 radical (unpaired) electrons. The van der Waals surface area contributed by atoms with E-state index in [0.717, 1.165) is 69.5 Å². The summed E-state index contributed by atoms with van der Waals surface area (Å²) in [6, 6.07) is 19.5. The summed E-state index contributed by atoms with van der Waals surface area (Å²) in [7, 11) is 0. The fourth-order valence-corrected chi connectivity index (χ4v) is 5.01. The average molecular weight is 460 g/mol. The summed E-state index contributed by atoms with van der Waals surface area (Å²) < 4.78 is 5.54. The summed E-state index contributed by atoms with van der Waals surface area (Å²) in [5.41, 5.74) is 3.46. The van der Waals surface area contributed by atoms with E-state index in [9.17, 15) is 4.79 Å². The number of amides is 1. The van der Waals surface area contributed by atoms with Crippen LogP contribution < -0.4 is 10.2 Å². The van der Waals surface area contributed by atoms with Crippen LogP contribution in [-0.4, -0.2) is 53.2 Å².